The number of rotatable bonds is 11. The number of ether oxygens (including phenoxy) is 3. The molecular weight excluding hydrogens is 270 g/mol. The molecule has 0 spiro atoms. The van der Waals surface area contributed by atoms with E-state index in [0.717, 1.165) is 25.8 Å². The van der Waals surface area contributed by atoms with E-state index in [1.54, 1.807) is 7.11 Å². The second-order valence-corrected chi connectivity index (χ2v) is 6.26. The Bertz CT molecular complexity index is 328. The lowest BCUT2D eigenvalue weighted by Crippen LogP contribution is -2.58. The maximum Gasteiger partial charge on any atom is 0.329 e. The number of methoxy groups -OCH3 is 1. The fourth-order valence-corrected chi connectivity index (χ4v) is 2.42. The molecular formula is C16H31NO4. The van der Waals surface area contributed by atoms with E-state index in [0.29, 0.717) is 25.7 Å². The number of hydrogen-bond donors (Lipinski definition) is 1. The Labute approximate surface area is 128 Å². The first-order chi connectivity index (χ1) is 9.91. The molecule has 0 aromatic heterocycles. The van der Waals surface area contributed by atoms with Crippen LogP contribution in [0.15, 0.2) is 0 Å². The Kier molecular flexibility index (Phi) is 7.10. The van der Waals surface area contributed by atoms with Crippen LogP contribution in [0.3, 0.4) is 0 Å². The van der Waals surface area contributed by atoms with Crippen LogP contribution in [0.1, 0.15) is 47.0 Å². The molecule has 1 fully saturated rings. The zero-order valence-corrected chi connectivity index (χ0v) is 14.2. The Morgan fingerprint density at radius 2 is 1.95 bits per heavy atom. The highest BCUT2D eigenvalue weighted by molar-refractivity contribution is 5.82. The van der Waals surface area contributed by atoms with Gasteiger partial charge < -0.3 is 14.2 Å². The molecule has 124 valence electrons. The van der Waals surface area contributed by atoms with Crippen LogP contribution in [0.25, 0.3) is 0 Å². The van der Waals surface area contributed by atoms with Gasteiger partial charge in [0, 0.05) is 13.7 Å². The van der Waals surface area contributed by atoms with Crippen molar-refractivity contribution in [2.24, 2.45) is 5.92 Å². The van der Waals surface area contributed by atoms with Crippen molar-refractivity contribution in [1.29, 1.82) is 0 Å². The van der Waals surface area contributed by atoms with E-state index in [1.165, 1.54) is 0 Å². The summed E-state index contributed by atoms with van der Waals surface area (Å²) in [7, 11) is 1.70. The summed E-state index contributed by atoms with van der Waals surface area (Å²) in [6, 6.07) is 0. The van der Waals surface area contributed by atoms with Gasteiger partial charge in [-0.1, -0.05) is 6.92 Å². The Morgan fingerprint density at radius 1 is 1.29 bits per heavy atom. The van der Waals surface area contributed by atoms with Crippen molar-refractivity contribution in [2.75, 3.05) is 33.5 Å². The van der Waals surface area contributed by atoms with Crippen LogP contribution >= 0.6 is 0 Å². The number of carbonyl (C=O) groups excluding carboxylic acids is 1. The van der Waals surface area contributed by atoms with Crippen molar-refractivity contribution in [3.63, 3.8) is 0 Å². The van der Waals surface area contributed by atoms with Gasteiger partial charge in [0.1, 0.15) is 5.54 Å². The Balaban J connectivity index is 2.58. The minimum atomic E-state index is -0.679. The van der Waals surface area contributed by atoms with E-state index in [-0.39, 0.29) is 11.6 Å². The second-order valence-electron chi connectivity index (χ2n) is 6.26. The lowest BCUT2D eigenvalue weighted by molar-refractivity contribution is -0.156. The molecule has 1 aliphatic carbocycles. The van der Waals surface area contributed by atoms with Crippen molar-refractivity contribution >= 4 is 5.97 Å². The normalized spacial score (nSPS) is 18.3. The predicted molar refractivity (Wildman–Crippen MR) is 82.3 cm³/mol. The molecule has 0 aromatic carbocycles. The maximum absolute atomic E-state index is 12.4. The molecule has 0 aromatic rings. The molecule has 0 aliphatic heterocycles. The van der Waals surface area contributed by atoms with Gasteiger partial charge in [0.15, 0.2) is 0 Å². The molecule has 0 heterocycles. The summed E-state index contributed by atoms with van der Waals surface area (Å²) in [6.45, 7) is 9.95. The lowest BCUT2D eigenvalue weighted by Gasteiger charge is -2.32. The van der Waals surface area contributed by atoms with Gasteiger partial charge >= 0.3 is 5.97 Å². The smallest absolute Gasteiger partial charge is 0.329 e. The van der Waals surface area contributed by atoms with E-state index in [2.05, 4.69) is 5.32 Å². The van der Waals surface area contributed by atoms with Crippen molar-refractivity contribution in [3.05, 3.63) is 0 Å². The number of nitrogens with one attached hydrogen (secondary N) is 1. The van der Waals surface area contributed by atoms with E-state index in [4.69, 9.17) is 14.2 Å². The zero-order chi connectivity index (χ0) is 15.9. The van der Waals surface area contributed by atoms with E-state index in [1.807, 2.05) is 27.7 Å². The maximum atomic E-state index is 12.4. The molecule has 0 amide bonds. The van der Waals surface area contributed by atoms with Gasteiger partial charge in [0.2, 0.25) is 0 Å². The van der Waals surface area contributed by atoms with Crippen molar-refractivity contribution < 1.29 is 19.0 Å². The van der Waals surface area contributed by atoms with Crippen molar-refractivity contribution in [1.82, 2.24) is 5.32 Å². The molecule has 0 radical (unpaired) electrons. The SMILES string of the molecule is CCNC(COCCC(C)(C)OC)(C(=O)OCC)C1CC1. The number of carbonyl (C=O) groups is 1. The Hall–Kier alpha value is -0.650. The third-order valence-electron chi connectivity index (χ3n) is 4.14. The van der Waals surface area contributed by atoms with Crippen LogP contribution in [0.2, 0.25) is 0 Å². The van der Waals surface area contributed by atoms with Gasteiger partial charge in [-0.05, 0) is 52.5 Å². The van der Waals surface area contributed by atoms with Crippen molar-refractivity contribution in [2.45, 2.75) is 58.1 Å². The number of esters is 1. The average molecular weight is 301 g/mol. The van der Waals surface area contributed by atoms with Crippen LogP contribution in [0.4, 0.5) is 0 Å². The molecule has 0 saturated heterocycles. The Morgan fingerprint density at radius 3 is 2.43 bits per heavy atom. The topological polar surface area (TPSA) is 56.8 Å². The molecule has 0 bridgehead atoms. The van der Waals surface area contributed by atoms with E-state index < -0.39 is 5.54 Å². The minimum Gasteiger partial charge on any atom is -0.465 e. The fraction of sp³-hybridized carbons (Fsp3) is 0.938. The second kappa shape index (κ2) is 8.11. The molecule has 1 atom stereocenters. The largest absolute Gasteiger partial charge is 0.465 e. The van der Waals surface area contributed by atoms with Gasteiger partial charge in [0.25, 0.3) is 0 Å². The van der Waals surface area contributed by atoms with Crippen LogP contribution in [-0.2, 0) is 19.0 Å². The average Bonchev–Trinajstić information content (AvgIpc) is 3.27. The molecule has 5 heteroatoms. The highest BCUT2D eigenvalue weighted by atomic mass is 16.5. The van der Waals surface area contributed by atoms with Crippen LogP contribution < -0.4 is 5.32 Å². The molecule has 1 rings (SSSR count). The summed E-state index contributed by atoms with van der Waals surface area (Å²) in [5.74, 6) is 0.146. The fourth-order valence-electron chi connectivity index (χ4n) is 2.42. The van der Waals surface area contributed by atoms with Gasteiger partial charge in [-0.25, -0.2) is 4.79 Å². The van der Waals surface area contributed by atoms with Crippen LogP contribution in [0.5, 0.6) is 0 Å². The van der Waals surface area contributed by atoms with E-state index >= 15 is 0 Å². The quantitative estimate of drug-likeness (QED) is 0.468. The van der Waals surface area contributed by atoms with Gasteiger partial charge in [-0.3, -0.25) is 5.32 Å². The summed E-state index contributed by atoms with van der Waals surface area (Å²) in [5, 5.41) is 3.32. The summed E-state index contributed by atoms with van der Waals surface area (Å²) in [6.07, 6.45) is 2.90. The third-order valence-corrected chi connectivity index (χ3v) is 4.14. The monoisotopic (exact) mass is 301 g/mol. The molecule has 1 N–H and O–H groups in total. The molecule has 1 saturated carbocycles. The van der Waals surface area contributed by atoms with Crippen LogP contribution in [0, 0.1) is 5.92 Å². The molecule has 21 heavy (non-hydrogen) atoms. The van der Waals surface area contributed by atoms with Gasteiger partial charge in [-0.2, -0.15) is 0 Å². The lowest BCUT2D eigenvalue weighted by atomic mass is 9.94. The van der Waals surface area contributed by atoms with Crippen LogP contribution in [-0.4, -0.2) is 50.6 Å². The van der Waals surface area contributed by atoms with Gasteiger partial charge in [-0.15, -0.1) is 0 Å². The minimum absolute atomic E-state index is 0.180. The first-order valence-corrected chi connectivity index (χ1v) is 7.97. The summed E-state index contributed by atoms with van der Waals surface area (Å²) >= 11 is 0. The van der Waals surface area contributed by atoms with E-state index in [9.17, 15) is 4.79 Å². The zero-order valence-electron chi connectivity index (χ0n) is 14.2. The predicted octanol–water partition coefficient (Wildman–Crippen LogP) is 2.14. The third kappa shape index (κ3) is 5.24. The van der Waals surface area contributed by atoms with Gasteiger partial charge in [0.05, 0.1) is 18.8 Å². The van der Waals surface area contributed by atoms with Crippen molar-refractivity contribution in [3.8, 4) is 0 Å². The molecule has 1 aliphatic rings. The summed E-state index contributed by atoms with van der Waals surface area (Å²) in [4.78, 5) is 12.4. The highest BCUT2D eigenvalue weighted by Crippen LogP contribution is 2.40. The summed E-state index contributed by atoms with van der Waals surface area (Å²) in [5.41, 5.74) is -0.883. The molecule has 5 nitrogen and oxygen atoms in total. The standard InChI is InChI=1S/C16H31NO4/c1-6-17-16(13-8-9-13,14(18)21-7-2)12-20-11-10-15(3,4)19-5/h13,17H,6-12H2,1-5H3. The molecule has 1 unspecified atom stereocenters. The first kappa shape index (κ1) is 18.4. The first-order valence-electron chi connectivity index (χ1n) is 7.97. The highest BCUT2D eigenvalue weighted by Gasteiger charge is 2.51. The summed E-state index contributed by atoms with van der Waals surface area (Å²) < 4.78 is 16.5. The number of hydrogen-bond acceptors (Lipinski definition) is 5. The number of likely N-dealkylation sites (N-methyl/N-ethyl adjacent to an activating group) is 1.